The number of rotatable bonds is 3. The Morgan fingerprint density at radius 3 is 2.58 bits per heavy atom. The number of benzene rings is 1. The quantitative estimate of drug-likeness (QED) is 0.878. The summed E-state index contributed by atoms with van der Waals surface area (Å²) in [5.74, 6) is -1.14. The Bertz CT molecular complexity index is 660. The van der Waals surface area contributed by atoms with Gasteiger partial charge in [-0.15, -0.1) is 0 Å². The zero-order valence-corrected chi connectivity index (χ0v) is 13.2. The SMILES string of the molecule is Cc1cc(C(F)(F)F)ccc1C(=O)N1CCCC(O)(CC(N)=O)C1. The van der Waals surface area contributed by atoms with Gasteiger partial charge >= 0.3 is 6.18 Å². The van der Waals surface area contributed by atoms with Crippen molar-refractivity contribution in [1.29, 1.82) is 0 Å². The lowest BCUT2D eigenvalue weighted by atomic mass is 9.89. The normalized spacial score (nSPS) is 21.6. The molecule has 0 bridgehead atoms. The minimum atomic E-state index is -4.47. The van der Waals surface area contributed by atoms with Crippen LogP contribution in [-0.2, 0) is 11.0 Å². The number of nitrogens with two attached hydrogens (primary N) is 1. The van der Waals surface area contributed by atoms with E-state index in [0.29, 0.717) is 19.4 Å². The van der Waals surface area contributed by atoms with Crippen molar-refractivity contribution in [2.75, 3.05) is 13.1 Å². The van der Waals surface area contributed by atoms with Crippen molar-refractivity contribution < 1.29 is 27.9 Å². The molecule has 132 valence electrons. The molecule has 1 unspecified atom stereocenters. The van der Waals surface area contributed by atoms with Crippen LogP contribution >= 0.6 is 0 Å². The van der Waals surface area contributed by atoms with Crippen molar-refractivity contribution in [3.8, 4) is 0 Å². The Labute approximate surface area is 137 Å². The van der Waals surface area contributed by atoms with E-state index in [1.165, 1.54) is 11.8 Å². The number of likely N-dealkylation sites (tertiary alicyclic amines) is 1. The topological polar surface area (TPSA) is 83.6 Å². The number of primary amides is 1. The van der Waals surface area contributed by atoms with Crippen LogP contribution in [-0.4, -0.2) is 40.5 Å². The van der Waals surface area contributed by atoms with Crippen molar-refractivity contribution in [2.24, 2.45) is 5.73 Å². The van der Waals surface area contributed by atoms with Gasteiger partial charge in [0.05, 0.1) is 24.1 Å². The fourth-order valence-electron chi connectivity index (χ4n) is 3.00. The summed E-state index contributed by atoms with van der Waals surface area (Å²) in [6.07, 6.45) is -3.91. The van der Waals surface area contributed by atoms with Gasteiger partial charge < -0.3 is 15.7 Å². The second kappa shape index (κ2) is 6.43. The molecule has 5 nitrogen and oxygen atoms in total. The smallest absolute Gasteiger partial charge is 0.388 e. The third kappa shape index (κ3) is 4.05. The largest absolute Gasteiger partial charge is 0.416 e. The van der Waals surface area contributed by atoms with Crippen LogP contribution in [0.2, 0.25) is 0 Å². The van der Waals surface area contributed by atoms with E-state index in [0.717, 1.165) is 18.2 Å². The highest BCUT2D eigenvalue weighted by atomic mass is 19.4. The molecule has 0 aromatic heterocycles. The Hall–Kier alpha value is -2.09. The summed E-state index contributed by atoms with van der Waals surface area (Å²) in [6.45, 7) is 1.72. The monoisotopic (exact) mass is 344 g/mol. The van der Waals surface area contributed by atoms with Crippen molar-refractivity contribution >= 4 is 11.8 Å². The van der Waals surface area contributed by atoms with Gasteiger partial charge in [-0.25, -0.2) is 0 Å². The number of aryl methyl sites for hydroxylation is 1. The molecule has 24 heavy (non-hydrogen) atoms. The Balaban J connectivity index is 2.21. The van der Waals surface area contributed by atoms with Crippen molar-refractivity contribution in [2.45, 2.75) is 38.0 Å². The van der Waals surface area contributed by atoms with Gasteiger partial charge in [-0.2, -0.15) is 13.2 Å². The molecule has 1 aliphatic heterocycles. The predicted molar refractivity (Wildman–Crippen MR) is 80.1 cm³/mol. The Morgan fingerprint density at radius 2 is 2.04 bits per heavy atom. The predicted octanol–water partition coefficient (Wildman–Crippen LogP) is 1.86. The average Bonchev–Trinajstić information content (AvgIpc) is 2.44. The van der Waals surface area contributed by atoms with Gasteiger partial charge in [0.15, 0.2) is 0 Å². The number of aliphatic hydroxyl groups is 1. The van der Waals surface area contributed by atoms with Crippen LogP contribution in [0.4, 0.5) is 13.2 Å². The molecule has 1 aromatic rings. The number of nitrogens with zero attached hydrogens (tertiary/aromatic N) is 1. The fraction of sp³-hybridized carbons (Fsp3) is 0.500. The van der Waals surface area contributed by atoms with Gasteiger partial charge in [0.25, 0.3) is 5.91 Å². The summed E-state index contributed by atoms with van der Waals surface area (Å²) in [7, 11) is 0. The molecular weight excluding hydrogens is 325 g/mol. The number of carbonyl (C=O) groups excluding carboxylic acids is 2. The van der Waals surface area contributed by atoms with Crippen molar-refractivity contribution in [3.05, 3.63) is 34.9 Å². The minimum Gasteiger partial charge on any atom is -0.388 e. The van der Waals surface area contributed by atoms with Gasteiger partial charge in [-0.3, -0.25) is 9.59 Å². The summed E-state index contributed by atoms with van der Waals surface area (Å²) < 4.78 is 38.1. The van der Waals surface area contributed by atoms with E-state index >= 15 is 0 Å². The maximum Gasteiger partial charge on any atom is 0.416 e. The lowest BCUT2D eigenvalue weighted by Gasteiger charge is -2.38. The number of carbonyl (C=O) groups is 2. The summed E-state index contributed by atoms with van der Waals surface area (Å²) in [4.78, 5) is 25.0. The van der Waals surface area contributed by atoms with Gasteiger partial charge in [-0.05, 0) is 43.5 Å². The van der Waals surface area contributed by atoms with Gasteiger partial charge in [-0.1, -0.05) is 0 Å². The molecule has 2 rings (SSSR count). The highest BCUT2D eigenvalue weighted by Gasteiger charge is 2.37. The van der Waals surface area contributed by atoms with Crippen LogP contribution < -0.4 is 5.73 Å². The van der Waals surface area contributed by atoms with E-state index in [1.807, 2.05) is 0 Å². The van der Waals surface area contributed by atoms with Crippen LogP contribution in [0.3, 0.4) is 0 Å². The molecule has 0 radical (unpaired) electrons. The number of β-amino-alcohol motifs (C(OH)–C–C–N with tert-alkyl or cyclic N) is 1. The number of hydrogen-bond donors (Lipinski definition) is 2. The molecule has 1 fully saturated rings. The zero-order valence-electron chi connectivity index (χ0n) is 13.2. The number of piperidine rings is 1. The van der Waals surface area contributed by atoms with Crippen LogP contribution in [0.15, 0.2) is 18.2 Å². The molecule has 1 aromatic carbocycles. The molecule has 1 heterocycles. The van der Waals surface area contributed by atoms with E-state index in [9.17, 15) is 27.9 Å². The fourth-order valence-corrected chi connectivity index (χ4v) is 3.00. The van der Waals surface area contributed by atoms with E-state index < -0.39 is 29.2 Å². The standard InChI is InChI=1S/C16H19F3N2O3/c1-10-7-11(16(17,18)19)3-4-12(10)14(23)21-6-2-5-15(24,9-21)8-13(20)22/h3-4,7,24H,2,5-6,8-9H2,1H3,(H2,20,22). The van der Waals surface area contributed by atoms with E-state index in [2.05, 4.69) is 0 Å². The molecule has 8 heteroatoms. The lowest BCUT2D eigenvalue weighted by Crippen LogP contribution is -2.52. The van der Waals surface area contributed by atoms with Crippen LogP contribution in [0, 0.1) is 6.92 Å². The van der Waals surface area contributed by atoms with Gasteiger partial charge in [0.1, 0.15) is 0 Å². The number of alkyl halides is 3. The first kappa shape index (κ1) is 18.3. The number of halogens is 3. The maximum absolute atomic E-state index is 12.7. The number of hydrogen-bond acceptors (Lipinski definition) is 3. The molecule has 2 amide bonds. The van der Waals surface area contributed by atoms with Crippen LogP contribution in [0.25, 0.3) is 0 Å². The summed E-state index contributed by atoms with van der Waals surface area (Å²) >= 11 is 0. The van der Waals surface area contributed by atoms with Crippen molar-refractivity contribution in [3.63, 3.8) is 0 Å². The van der Waals surface area contributed by atoms with E-state index in [-0.39, 0.29) is 24.1 Å². The molecule has 1 atom stereocenters. The minimum absolute atomic E-state index is 0.0742. The first-order chi connectivity index (χ1) is 11.0. The van der Waals surface area contributed by atoms with E-state index in [1.54, 1.807) is 0 Å². The van der Waals surface area contributed by atoms with Crippen LogP contribution in [0.5, 0.6) is 0 Å². The second-order valence-corrected chi connectivity index (χ2v) is 6.23. The number of amides is 2. The average molecular weight is 344 g/mol. The molecule has 1 aliphatic rings. The lowest BCUT2D eigenvalue weighted by molar-refractivity contribution is -0.137. The molecular formula is C16H19F3N2O3. The highest BCUT2D eigenvalue weighted by molar-refractivity contribution is 5.96. The molecule has 1 saturated heterocycles. The van der Waals surface area contributed by atoms with Gasteiger partial charge in [0.2, 0.25) is 5.91 Å². The molecule has 3 N–H and O–H groups in total. The summed E-state index contributed by atoms with van der Waals surface area (Å²) in [5.41, 5.74) is 3.26. The summed E-state index contributed by atoms with van der Waals surface area (Å²) in [6, 6.07) is 2.93. The zero-order chi connectivity index (χ0) is 18.1. The van der Waals surface area contributed by atoms with Crippen LogP contribution in [0.1, 0.15) is 40.7 Å². The molecule has 0 saturated carbocycles. The first-order valence-corrected chi connectivity index (χ1v) is 7.50. The van der Waals surface area contributed by atoms with Crippen molar-refractivity contribution in [1.82, 2.24) is 4.90 Å². The van der Waals surface area contributed by atoms with Gasteiger partial charge in [0, 0.05) is 12.1 Å². The maximum atomic E-state index is 12.7. The molecule has 0 spiro atoms. The van der Waals surface area contributed by atoms with E-state index in [4.69, 9.17) is 5.73 Å². The molecule has 0 aliphatic carbocycles. The summed E-state index contributed by atoms with van der Waals surface area (Å²) in [5, 5.41) is 10.4. The third-order valence-electron chi connectivity index (χ3n) is 4.13. The Kier molecular flexibility index (Phi) is 4.89. The highest BCUT2D eigenvalue weighted by Crippen LogP contribution is 2.31. The Morgan fingerprint density at radius 1 is 1.38 bits per heavy atom. The first-order valence-electron chi connectivity index (χ1n) is 7.50. The third-order valence-corrected chi connectivity index (χ3v) is 4.13. The second-order valence-electron chi connectivity index (χ2n) is 6.23.